The summed E-state index contributed by atoms with van der Waals surface area (Å²) in [6, 6.07) is 15.1. The molecule has 6 heteroatoms. The second-order valence-electron chi connectivity index (χ2n) is 8.35. The molecule has 0 spiro atoms. The molecular weight excluding hydrogens is 378 g/mol. The van der Waals surface area contributed by atoms with Crippen LogP contribution in [0.4, 0.5) is 0 Å². The van der Waals surface area contributed by atoms with Crippen molar-refractivity contribution in [2.45, 2.75) is 38.3 Å². The number of likely N-dealkylation sites (tertiary alicyclic amines) is 1. The minimum Gasteiger partial charge on any atom is -0.493 e. The molecule has 2 N–H and O–H groups in total. The summed E-state index contributed by atoms with van der Waals surface area (Å²) in [6.45, 7) is 3.75. The van der Waals surface area contributed by atoms with E-state index in [9.17, 15) is 4.79 Å². The molecule has 0 radical (unpaired) electrons. The first-order valence-electron chi connectivity index (χ1n) is 10.6. The van der Waals surface area contributed by atoms with Crippen molar-refractivity contribution in [2.24, 2.45) is 5.92 Å². The number of rotatable bonds is 6. The van der Waals surface area contributed by atoms with Gasteiger partial charge in [0.25, 0.3) is 0 Å². The summed E-state index contributed by atoms with van der Waals surface area (Å²) < 4.78 is 10.6. The van der Waals surface area contributed by atoms with Crippen LogP contribution in [0.25, 0.3) is 0 Å². The molecule has 2 aromatic rings. The molecule has 3 atom stereocenters. The standard InChI is InChI=1S/C24H31N3O3/c1-16-4-7-18(8-5-16)20-14-21(26-25-20)19-10-11-27(15-19)24(28)13-17-6-9-22(29-2)23(12-17)30-3/h4-9,12,19-21,25-26H,10-11,13-15H2,1-3H3. The van der Waals surface area contributed by atoms with Gasteiger partial charge in [-0.05, 0) is 48.9 Å². The van der Waals surface area contributed by atoms with Crippen molar-refractivity contribution < 1.29 is 14.3 Å². The number of nitrogens with one attached hydrogen (secondary N) is 2. The molecule has 2 aliphatic heterocycles. The zero-order valence-electron chi connectivity index (χ0n) is 18.0. The molecule has 0 aromatic heterocycles. The van der Waals surface area contributed by atoms with Crippen LogP contribution in [0.5, 0.6) is 11.5 Å². The van der Waals surface area contributed by atoms with E-state index in [-0.39, 0.29) is 5.91 Å². The van der Waals surface area contributed by atoms with E-state index in [0.717, 1.165) is 31.5 Å². The van der Waals surface area contributed by atoms with E-state index in [0.29, 0.717) is 35.9 Å². The molecule has 2 saturated heterocycles. The van der Waals surface area contributed by atoms with Gasteiger partial charge in [0.1, 0.15) is 0 Å². The first-order chi connectivity index (χ1) is 14.6. The molecule has 6 nitrogen and oxygen atoms in total. The lowest BCUT2D eigenvalue weighted by Gasteiger charge is -2.20. The van der Waals surface area contributed by atoms with Crippen LogP contribution in [0.1, 0.15) is 35.6 Å². The second kappa shape index (κ2) is 9.06. The summed E-state index contributed by atoms with van der Waals surface area (Å²) in [4.78, 5) is 14.9. The molecule has 1 amide bonds. The Labute approximate surface area is 178 Å². The highest BCUT2D eigenvalue weighted by Crippen LogP contribution is 2.31. The quantitative estimate of drug-likeness (QED) is 0.768. The number of hydrogen-bond donors (Lipinski definition) is 2. The molecule has 160 valence electrons. The number of nitrogens with zero attached hydrogens (tertiary/aromatic N) is 1. The third-order valence-corrected chi connectivity index (χ3v) is 6.36. The van der Waals surface area contributed by atoms with E-state index in [1.54, 1.807) is 14.2 Å². The molecule has 2 heterocycles. The predicted molar refractivity (Wildman–Crippen MR) is 117 cm³/mol. The maximum atomic E-state index is 12.9. The lowest BCUT2D eigenvalue weighted by molar-refractivity contribution is -0.129. The van der Waals surface area contributed by atoms with Crippen molar-refractivity contribution >= 4 is 5.91 Å². The zero-order chi connectivity index (χ0) is 21.1. The van der Waals surface area contributed by atoms with Gasteiger partial charge in [-0.3, -0.25) is 15.6 Å². The van der Waals surface area contributed by atoms with Crippen molar-refractivity contribution in [1.29, 1.82) is 0 Å². The highest BCUT2D eigenvalue weighted by molar-refractivity contribution is 5.79. The summed E-state index contributed by atoms with van der Waals surface area (Å²) >= 11 is 0. The first kappa shape index (κ1) is 20.7. The summed E-state index contributed by atoms with van der Waals surface area (Å²) in [6.07, 6.45) is 2.47. The van der Waals surface area contributed by atoms with Crippen LogP contribution in [-0.4, -0.2) is 44.2 Å². The van der Waals surface area contributed by atoms with Gasteiger partial charge in [0.05, 0.1) is 20.6 Å². The summed E-state index contributed by atoms with van der Waals surface area (Å²) in [7, 11) is 3.23. The summed E-state index contributed by atoms with van der Waals surface area (Å²) in [5, 5.41) is 0. The number of methoxy groups -OCH3 is 2. The Morgan fingerprint density at radius 3 is 2.57 bits per heavy atom. The van der Waals surface area contributed by atoms with Gasteiger partial charge in [-0.15, -0.1) is 0 Å². The molecule has 2 fully saturated rings. The molecule has 2 aromatic carbocycles. The van der Waals surface area contributed by atoms with Gasteiger partial charge in [0.2, 0.25) is 5.91 Å². The van der Waals surface area contributed by atoms with Crippen LogP contribution in [0.15, 0.2) is 42.5 Å². The van der Waals surface area contributed by atoms with Crippen LogP contribution in [0, 0.1) is 12.8 Å². The Balaban J connectivity index is 1.32. The average Bonchev–Trinajstić information content (AvgIpc) is 3.44. The van der Waals surface area contributed by atoms with Crippen LogP contribution in [-0.2, 0) is 11.2 Å². The van der Waals surface area contributed by atoms with Gasteiger partial charge in [-0.2, -0.15) is 0 Å². The van der Waals surface area contributed by atoms with Crippen molar-refractivity contribution in [3.63, 3.8) is 0 Å². The third kappa shape index (κ3) is 4.45. The maximum Gasteiger partial charge on any atom is 0.227 e. The molecular formula is C24H31N3O3. The zero-order valence-corrected chi connectivity index (χ0v) is 18.0. The highest BCUT2D eigenvalue weighted by atomic mass is 16.5. The Bertz CT molecular complexity index is 884. The minimum absolute atomic E-state index is 0.172. The second-order valence-corrected chi connectivity index (χ2v) is 8.35. The number of aryl methyl sites for hydroxylation is 1. The van der Waals surface area contributed by atoms with E-state index < -0.39 is 0 Å². The van der Waals surface area contributed by atoms with Crippen molar-refractivity contribution in [3.8, 4) is 11.5 Å². The lowest BCUT2D eigenvalue weighted by Crippen LogP contribution is -2.38. The average molecular weight is 410 g/mol. The number of ether oxygens (including phenoxy) is 2. The van der Waals surface area contributed by atoms with E-state index in [1.165, 1.54) is 11.1 Å². The number of hydrazine groups is 1. The van der Waals surface area contributed by atoms with Gasteiger partial charge < -0.3 is 14.4 Å². The van der Waals surface area contributed by atoms with Gasteiger partial charge >= 0.3 is 0 Å². The van der Waals surface area contributed by atoms with Crippen LogP contribution >= 0.6 is 0 Å². The number of benzene rings is 2. The fraction of sp³-hybridized carbons (Fsp3) is 0.458. The Morgan fingerprint density at radius 2 is 1.83 bits per heavy atom. The Morgan fingerprint density at radius 1 is 1.07 bits per heavy atom. The van der Waals surface area contributed by atoms with E-state index >= 15 is 0 Å². The van der Waals surface area contributed by atoms with Crippen LogP contribution < -0.4 is 20.3 Å². The molecule has 0 saturated carbocycles. The lowest BCUT2D eigenvalue weighted by atomic mass is 9.92. The molecule has 0 aliphatic carbocycles. The molecule has 2 aliphatic rings. The fourth-order valence-electron chi connectivity index (χ4n) is 4.53. The largest absolute Gasteiger partial charge is 0.493 e. The van der Waals surface area contributed by atoms with Crippen LogP contribution in [0.2, 0.25) is 0 Å². The van der Waals surface area contributed by atoms with Gasteiger partial charge in [-0.25, -0.2) is 0 Å². The summed E-state index contributed by atoms with van der Waals surface area (Å²) in [5.74, 6) is 1.98. The van der Waals surface area contributed by atoms with Gasteiger partial charge in [0, 0.05) is 25.2 Å². The normalized spacial score (nSPS) is 23.6. The van der Waals surface area contributed by atoms with E-state index in [1.807, 2.05) is 23.1 Å². The number of hydrogen-bond acceptors (Lipinski definition) is 5. The topological polar surface area (TPSA) is 62.8 Å². The van der Waals surface area contributed by atoms with Gasteiger partial charge in [-0.1, -0.05) is 35.9 Å². The molecule has 0 bridgehead atoms. The smallest absolute Gasteiger partial charge is 0.227 e. The number of carbonyl (C=O) groups excluding carboxylic acids is 1. The fourth-order valence-corrected chi connectivity index (χ4v) is 4.53. The minimum atomic E-state index is 0.172. The van der Waals surface area contributed by atoms with E-state index in [4.69, 9.17) is 9.47 Å². The first-order valence-corrected chi connectivity index (χ1v) is 10.6. The van der Waals surface area contributed by atoms with Crippen LogP contribution in [0.3, 0.4) is 0 Å². The molecule has 3 unspecified atom stereocenters. The van der Waals surface area contributed by atoms with Crippen molar-refractivity contribution in [2.75, 3.05) is 27.3 Å². The monoisotopic (exact) mass is 409 g/mol. The Kier molecular flexibility index (Phi) is 6.25. The van der Waals surface area contributed by atoms with E-state index in [2.05, 4.69) is 42.0 Å². The van der Waals surface area contributed by atoms with Crippen molar-refractivity contribution in [1.82, 2.24) is 15.8 Å². The number of amides is 1. The van der Waals surface area contributed by atoms with Gasteiger partial charge in [0.15, 0.2) is 11.5 Å². The third-order valence-electron chi connectivity index (χ3n) is 6.36. The molecule has 30 heavy (non-hydrogen) atoms. The maximum absolute atomic E-state index is 12.9. The highest BCUT2D eigenvalue weighted by Gasteiger charge is 2.36. The number of carbonyl (C=O) groups is 1. The molecule has 4 rings (SSSR count). The summed E-state index contributed by atoms with van der Waals surface area (Å²) in [5.41, 5.74) is 10.5. The van der Waals surface area contributed by atoms with Crippen molar-refractivity contribution in [3.05, 3.63) is 59.2 Å². The Hall–Kier alpha value is -2.57. The predicted octanol–water partition coefficient (Wildman–Crippen LogP) is 3.01. The SMILES string of the molecule is COc1ccc(CC(=O)N2CCC(C3CC(c4ccc(C)cc4)NN3)C2)cc1OC.